The van der Waals surface area contributed by atoms with Crippen molar-refractivity contribution in [1.29, 1.82) is 0 Å². The highest BCUT2D eigenvalue weighted by molar-refractivity contribution is 9.10. The highest BCUT2D eigenvalue weighted by Crippen LogP contribution is 2.19. The molecule has 0 saturated carbocycles. The molecule has 0 saturated heterocycles. The molecule has 4 heteroatoms. The van der Waals surface area contributed by atoms with Gasteiger partial charge in [0, 0.05) is 16.1 Å². The number of nitrogens with zero attached hydrogens (tertiary/aromatic N) is 1. The maximum atomic E-state index is 13.0. The van der Waals surface area contributed by atoms with Gasteiger partial charge in [-0.1, -0.05) is 15.9 Å². The molecule has 0 bridgehead atoms. The molecule has 14 heavy (non-hydrogen) atoms. The zero-order valence-corrected chi connectivity index (χ0v) is 9.31. The molecule has 1 heterocycles. The summed E-state index contributed by atoms with van der Waals surface area (Å²) in [5.74, 6) is 0.524. The molecule has 0 radical (unpaired) electrons. The van der Waals surface area contributed by atoms with Crippen LogP contribution in [0.15, 0.2) is 27.7 Å². The second kappa shape index (κ2) is 3.69. The molecule has 0 aliphatic carbocycles. The summed E-state index contributed by atoms with van der Waals surface area (Å²) in [6.45, 7) is 2.79. The van der Waals surface area contributed by atoms with E-state index in [2.05, 4.69) is 26.2 Å². The molecule has 0 spiro atoms. The van der Waals surface area contributed by atoms with Gasteiger partial charge in [0.25, 0.3) is 0 Å². The van der Waals surface area contributed by atoms with Crippen molar-refractivity contribution in [2.75, 3.05) is 6.54 Å². The van der Waals surface area contributed by atoms with E-state index in [1.807, 2.05) is 6.92 Å². The van der Waals surface area contributed by atoms with Crippen molar-refractivity contribution in [1.82, 2.24) is 5.32 Å². The average Bonchev–Trinajstić information content (AvgIpc) is 2.56. The Morgan fingerprint density at radius 2 is 2.36 bits per heavy atom. The normalized spacial score (nSPS) is 20.5. The van der Waals surface area contributed by atoms with Crippen LogP contribution in [-0.2, 0) is 0 Å². The second-order valence-corrected chi connectivity index (χ2v) is 4.21. The third kappa shape index (κ3) is 1.80. The van der Waals surface area contributed by atoms with Crippen LogP contribution in [0, 0.1) is 5.82 Å². The van der Waals surface area contributed by atoms with Crippen LogP contribution in [0.25, 0.3) is 0 Å². The summed E-state index contributed by atoms with van der Waals surface area (Å²) < 4.78 is 13.9. The molecule has 2 rings (SSSR count). The standard InChI is InChI=1S/C10H10BrFN2/c1-6-5-13-10(14-6)8-4-7(12)2-3-9(8)11/h2-4,6H,5H2,1H3,(H,13,14). The van der Waals surface area contributed by atoms with E-state index in [0.717, 1.165) is 22.4 Å². The van der Waals surface area contributed by atoms with Crippen molar-refractivity contribution in [3.63, 3.8) is 0 Å². The molecule has 1 N–H and O–H groups in total. The first-order chi connectivity index (χ1) is 6.66. The number of hydrogen-bond donors (Lipinski definition) is 1. The van der Waals surface area contributed by atoms with Crippen molar-refractivity contribution in [2.45, 2.75) is 13.0 Å². The summed E-state index contributed by atoms with van der Waals surface area (Å²) in [4.78, 5) is 4.30. The van der Waals surface area contributed by atoms with Gasteiger partial charge in [-0.15, -0.1) is 0 Å². The van der Waals surface area contributed by atoms with Gasteiger partial charge < -0.3 is 5.32 Å². The van der Waals surface area contributed by atoms with Gasteiger partial charge in [-0.3, -0.25) is 4.99 Å². The van der Waals surface area contributed by atoms with Crippen molar-refractivity contribution < 1.29 is 4.39 Å². The lowest BCUT2D eigenvalue weighted by molar-refractivity contribution is 0.627. The van der Waals surface area contributed by atoms with Gasteiger partial charge in [-0.25, -0.2) is 4.39 Å². The number of rotatable bonds is 1. The van der Waals surface area contributed by atoms with Crippen molar-refractivity contribution in [3.05, 3.63) is 34.1 Å². The Hall–Kier alpha value is -0.900. The molecule has 1 aromatic carbocycles. The Bertz CT molecular complexity index is 390. The first-order valence-corrected chi connectivity index (χ1v) is 5.22. The molecule has 1 unspecified atom stereocenters. The molecule has 2 nitrogen and oxygen atoms in total. The summed E-state index contributed by atoms with van der Waals surface area (Å²) in [5, 5.41) is 3.19. The lowest BCUT2D eigenvalue weighted by Gasteiger charge is -2.07. The quantitative estimate of drug-likeness (QED) is 0.820. The van der Waals surface area contributed by atoms with E-state index in [4.69, 9.17) is 0 Å². The molecule has 1 aliphatic rings. The molecule has 1 aromatic rings. The fourth-order valence-corrected chi connectivity index (χ4v) is 1.83. The largest absolute Gasteiger partial charge is 0.366 e. The predicted molar refractivity (Wildman–Crippen MR) is 58.1 cm³/mol. The molecule has 0 aromatic heterocycles. The monoisotopic (exact) mass is 256 g/mol. The minimum absolute atomic E-state index is 0.243. The Morgan fingerprint density at radius 3 is 3.00 bits per heavy atom. The predicted octanol–water partition coefficient (Wildman–Crippen LogP) is 2.33. The zero-order chi connectivity index (χ0) is 10.1. The highest BCUT2D eigenvalue weighted by Gasteiger charge is 2.16. The van der Waals surface area contributed by atoms with Crippen LogP contribution >= 0.6 is 15.9 Å². The first-order valence-electron chi connectivity index (χ1n) is 4.43. The summed E-state index contributed by atoms with van der Waals surface area (Å²) in [7, 11) is 0. The van der Waals surface area contributed by atoms with Crippen LogP contribution in [-0.4, -0.2) is 18.4 Å². The molecular formula is C10H10BrFN2. The van der Waals surface area contributed by atoms with Crippen LogP contribution in [0.4, 0.5) is 4.39 Å². The number of hydrogen-bond acceptors (Lipinski definition) is 2. The van der Waals surface area contributed by atoms with Gasteiger partial charge in [-0.05, 0) is 25.1 Å². The number of amidine groups is 1. The van der Waals surface area contributed by atoms with Crippen LogP contribution in [0.5, 0.6) is 0 Å². The van der Waals surface area contributed by atoms with Gasteiger partial charge in [-0.2, -0.15) is 0 Å². The maximum Gasteiger partial charge on any atom is 0.129 e. The lowest BCUT2D eigenvalue weighted by Crippen LogP contribution is -2.27. The molecule has 1 atom stereocenters. The highest BCUT2D eigenvalue weighted by atomic mass is 79.9. The van der Waals surface area contributed by atoms with E-state index in [1.165, 1.54) is 12.1 Å². The minimum atomic E-state index is -0.243. The topological polar surface area (TPSA) is 24.4 Å². The molecular weight excluding hydrogens is 247 g/mol. The van der Waals surface area contributed by atoms with E-state index < -0.39 is 0 Å². The van der Waals surface area contributed by atoms with E-state index in [1.54, 1.807) is 6.07 Å². The van der Waals surface area contributed by atoms with Crippen LogP contribution < -0.4 is 5.32 Å². The third-order valence-corrected chi connectivity index (χ3v) is 2.78. The summed E-state index contributed by atoms with van der Waals surface area (Å²) >= 11 is 3.37. The van der Waals surface area contributed by atoms with E-state index >= 15 is 0 Å². The molecule has 74 valence electrons. The number of halogens is 2. The van der Waals surface area contributed by atoms with Crippen molar-refractivity contribution in [3.8, 4) is 0 Å². The Morgan fingerprint density at radius 1 is 1.57 bits per heavy atom. The summed E-state index contributed by atoms with van der Waals surface area (Å²) in [6.07, 6.45) is 0. The van der Waals surface area contributed by atoms with Crippen LogP contribution in [0.2, 0.25) is 0 Å². The smallest absolute Gasteiger partial charge is 0.129 e. The van der Waals surface area contributed by atoms with Crippen LogP contribution in [0.1, 0.15) is 12.5 Å². The average molecular weight is 257 g/mol. The number of benzene rings is 1. The van der Waals surface area contributed by atoms with E-state index in [9.17, 15) is 4.39 Å². The van der Waals surface area contributed by atoms with Crippen molar-refractivity contribution >= 4 is 21.8 Å². The summed E-state index contributed by atoms with van der Waals surface area (Å²) in [6, 6.07) is 4.93. The van der Waals surface area contributed by atoms with Crippen molar-refractivity contribution in [2.24, 2.45) is 4.99 Å². The van der Waals surface area contributed by atoms with Gasteiger partial charge in [0.2, 0.25) is 0 Å². The molecule has 0 fully saturated rings. The fourth-order valence-electron chi connectivity index (χ4n) is 1.39. The minimum Gasteiger partial charge on any atom is -0.366 e. The lowest BCUT2D eigenvalue weighted by atomic mass is 10.2. The van der Waals surface area contributed by atoms with Gasteiger partial charge in [0.05, 0.1) is 6.54 Å². The number of nitrogens with one attached hydrogen (secondary N) is 1. The Kier molecular flexibility index (Phi) is 2.54. The fraction of sp³-hybridized carbons (Fsp3) is 0.300. The maximum absolute atomic E-state index is 13.0. The van der Waals surface area contributed by atoms with Gasteiger partial charge in [0.15, 0.2) is 0 Å². The van der Waals surface area contributed by atoms with Gasteiger partial charge in [0.1, 0.15) is 11.7 Å². The molecule has 1 aliphatic heterocycles. The third-order valence-electron chi connectivity index (χ3n) is 2.09. The summed E-state index contributed by atoms with van der Waals surface area (Å²) in [5.41, 5.74) is 0.786. The first kappa shape index (κ1) is 9.65. The molecule has 0 amide bonds. The van der Waals surface area contributed by atoms with E-state index in [0.29, 0.717) is 6.04 Å². The van der Waals surface area contributed by atoms with E-state index in [-0.39, 0.29) is 5.82 Å². The Labute approximate surface area is 90.4 Å². The SMILES string of the molecule is CC1CN=C(c2cc(F)ccc2Br)N1. The van der Waals surface area contributed by atoms with Crippen LogP contribution in [0.3, 0.4) is 0 Å². The number of aliphatic imine (C=N–C) groups is 1. The zero-order valence-electron chi connectivity index (χ0n) is 7.72. The Balaban J connectivity index is 2.36. The van der Waals surface area contributed by atoms with Gasteiger partial charge >= 0.3 is 0 Å². The second-order valence-electron chi connectivity index (χ2n) is 3.36.